The van der Waals surface area contributed by atoms with Crippen LogP contribution in [0.4, 0.5) is 0 Å². The van der Waals surface area contributed by atoms with Crippen LogP contribution >= 0.6 is 0 Å². The van der Waals surface area contributed by atoms with E-state index in [4.69, 9.17) is 4.43 Å². The fourth-order valence-electron chi connectivity index (χ4n) is 1.33. The average molecular weight is 180 g/mol. The lowest BCUT2D eigenvalue weighted by atomic mass is 10.0. The summed E-state index contributed by atoms with van der Waals surface area (Å²) in [5.74, 6) is 0. The van der Waals surface area contributed by atoms with Crippen molar-refractivity contribution in [1.82, 2.24) is 0 Å². The van der Waals surface area contributed by atoms with E-state index in [9.17, 15) is 0 Å². The first-order valence-electron chi connectivity index (χ1n) is 4.21. The molecular weight excluding hydrogens is 164 g/mol. The molecule has 0 spiro atoms. The quantitative estimate of drug-likeness (QED) is 0.643. The van der Waals surface area contributed by atoms with E-state index in [1.54, 1.807) is 7.11 Å². The molecule has 0 aromatic heterocycles. The van der Waals surface area contributed by atoms with Crippen LogP contribution in [0.15, 0.2) is 30.3 Å². The van der Waals surface area contributed by atoms with E-state index in [0.29, 0.717) is 0 Å². The largest absolute Gasteiger partial charge is 0.426 e. The lowest BCUT2D eigenvalue weighted by Crippen LogP contribution is -2.26. The predicted octanol–water partition coefficient (Wildman–Crippen LogP) is 1.65. The Morgan fingerprint density at radius 3 is 2.25 bits per heavy atom. The van der Waals surface area contributed by atoms with Gasteiger partial charge in [-0.25, -0.2) is 0 Å². The third-order valence-electron chi connectivity index (χ3n) is 2.06. The highest BCUT2D eigenvalue weighted by molar-refractivity contribution is 6.32. The summed E-state index contributed by atoms with van der Waals surface area (Å²) in [6.07, 6.45) is 0. The Balaban J connectivity index is 2.82. The molecule has 66 valence electrons. The second-order valence-corrected chi connectivity index (χ2v) is 6.32. The van der Waals surface area contributed by atoms with E-state index in [2.05, 4.69) is 38.1 Å². The van der Waals surface area contributed by atoms with Gasteiger partial charge in [0.25, 0.3) is 0 Å². The third-order valence-corrected chi connectivity index (χ3v) is 3.48. The first kappa shape index (κ1) is 9.48. The first-order valence-corrected chi connectivity index (χ1v) is 5.50. The van der Waals surface area contributed by atoms with E-state index in [0.717, 1.165) is 0 Å². The Hall–Kier alpha value is -0.603. The highest BCUT2D eigenvalue weighted by Crippen LogP contribution is 2.20. The molecule has 0 N–H and O–H groups in total. The molecule has 2 heteroatoms. The minimum absolute atomic E-state index is 0.260. The van der Waals surface area contributed by atoms with Crippen molar-refractivity contribution >= 4 is 9.76 Å². The van der Waals surface area contributed by atoms with Crippen molar-refractivity contribution in [2.24, 2.45) is 0 Å². The molecule has 0 aliphatic carbocycles. The molecule has 0 heterocycles. The number of hydrogen-bond donors (Lipinski definition) is 0. The van der Waals surface area contributed by atoms with Gasteiger partial charge in [0.2, 0.25) is 0 Å². The lowest BCUT2D eigenvalue weighted by molar-refractivity contribution is 0.415. The maximum atomic E-state index is 5.30. The number of rotatable bonds is 3. The molecule has 0 radical (unpaired) electrons. The molecule has 1 aromatic rings. The Labute approximate surface area is 76.7 Å². The van der Waals surface area contributed by atoms with Crippen molar-refractivity contribution in [3.8, 4) is 0 Å². The summed E-state index contributed by atoms with van der Waals surface area (Å²) < 4.78 is 5.30. The molecule has 1 aromatic carbocycles. The van der Waals surface area contributed by atoms with Gasteiger partial charge < -0.3 is 4.43 Å². The Kier molecular flexibility index (Phi) is 3.06. The normalized spacial score (nSPS) is 12.6. The molecule has 1 nitrogen and oxygen atoms in total. The molecule has 0 aliphatic rings. The van der Waals surface area contributed by atoms with Crippen molar-refractivity contribution in [3.63, 3.8) is 0 Å². The van der Waals surface area contributed by atoms with Crippen molar-refractivity contribution in [2.75, 3.05) is 7.11 Å². The first-order chi connectivity index (χ1) is 5.67. The van der Waals surface area contributed by atoms with Gasteiger partial charge in [-0.2, -0.15) is 0 Å². The molecule has 12 heavy (non-hydrogen) atoms. The summed E-state index contributed by atoms with van der Waals surface area (Å²) in [6.45, 7) is 4.50. The van der Waals surface area contributed by atoms with Crippen LogP contribution in [0.5, 0.6) is 0 Å². The Bertz CT molecular complexity index is 231. The highest BCUT2D eigenvalue weighted by atomic mass is 28.2. The molecule has 0 atom stereocenters. The zero-order valence-electron chi connectivity index (χ0n) is 8.00. The molecule has 0 saturated heterocycles. The monoisotopic (exact) mass is 180 g/mol. The predicted molar refractivity (Wildman–Crippen MR) is 55.0 cm³/mol. The van der Waals surface area contributed by atoms with Crippen LogP contribution in [0, 0.1) is 0 Å². The van der Waals surface area contributed by atoms with Gasteiger partial charge in [0, 0.05) is 12.1 Å². The second kappa shape index (κ2) is 3.87. The minimum atomic E-state index is -0.449. The van der Waals surface area contributed by atoms with E-state index in [-0.39, 0.29) is 5.04 Å². The zero-order chi connectivity index (χ0) is 9.03. The van der Waals surface area contributed by atoms with Crippen molar-refractivity contribution in [1.29, 1.82) is 0 Å². The fraction of sp³-hybridized carbons (Fsp3) is 0.400. The molecule has 1 rings (SSSR count). The Morgan fingerprint density at radius 2 is 1.75 bits per heavy atom. The van der Waals surface area contributed by atoms with Gasteiger partial charge in [-0.3, -0.25) is 0 Å². The van der Waals surface area contributed by atoms with Gasteiger partial charge in [-0.05, 0) is 5.56 Å². The summed E-state index contributed by atoms with van der Waals surface area (Å²) in [6, 6.07) is 10.6. The molecule has 0 saturated carbocycles. The van der Waals surface area contributed by atoms with Gasteiger partial charge in [0.15, 0.2) is 9.76 Å². The third kappa shape index (κ3) is 2.19. The smallest absolute Gasteiger partial charge is 0.170 e. The molecule has 0 fully saturated rings. The van der Waals surface area contributed by atoms with E-state index < -0.39 is 9.76 Å². The summed E-state index contributed by atoms with van der Waals surface area (Å²) >= 11 is 0. The van der Waals surface area contributed by atoms with Crippen LogP contribution in [0.3, 0.4) is 0 Å². The van der Waals surface area contributed by atoms with Crippen LogP contribution in [-0.4, -0.2) is 16.9 Å². The molecular formula is C10H16OSi. The summed E-state index contributed by atoms with van der Waals surface area (Å²) in [7, 11) is 1.35. The average Bonchev–Trinajstić information content (AvgIpc) is 2.06. The Morgan fingerprint density at radius 1 is 1.17 bits per heavy atom. The van der Waals surface area contributed by atoms with Gasteiger partial charge in [-0.15, -0.1) is 0 Å². The maximum absolute atomic E-state index is 5.30. The van der Waals surface area contributed by atoms with Crippen LogP contribution in [0.1, 0.15) is 19.4 Å². The second-order valence-electron chi connectivity index (χ2n) is 3.68. The minimum Gasteiger partial charge on any atom is -0.426 e. The summed E-state index contributed by atoms with van der Waals surface area (Å²) in [4.78, 5) is 0. The molecule has 0 bridgehead atoms. The van der Waals surface area contributed by atoms with E-state index in [1.807, 2.05) is 6.07 Å². The lowest BCUT2D eigenvalue weighted by Gasteiger charge is -2.23. The van der Waals surface area contributed by atoms with Gasteiger partial charge in [0.05, 0.1) is 0 Å². The van der Waals surface area contributed by atoms with Crippen molar-refractivity contribution in [3.05, 3.63) is 35.9 Å². The van der Waals surface area contributed by atoms with Crippen molar-refractivity contribution < 1.29 is 4.43 Å². The molecule has 0 aliphatic heterocycles. The maximum Gasteiger partial charge on any atom is 0.170 e. The van der Waals surface area contributed by atoms with E-state index in [1.165, 1.54) is 5.56 Å². The van der Waals surface area contributed by atoms with Gasteiger partial charge >= 0.3 is 0 Å². The van der Waals surface area contributed by atoms with Crippen molar-refractivity contribution in [2.45, 2.75) is 18.9 Å². The number of hydrogen-bond acceptors (Lipinski definition) is 1. The summed E-state index contributed by atoms with van der Waals surface area (Å²) in [5.41, 5.74) is 1.39. The van der Waals surface area contributed by atoms with Crippen LogP contribution in [0.2, 0.25) is 0 Å². The standard InChI is InChI=1S/C10H16OSi/c1-10(2,12-11-3)9-7-5-4-6-8-9/h4-8H,12H2,1-3H3. The van der Waals surface area contributed by atoms with Gasteiger partial charge in [-0.1, -0.05) is 44.2 Å². The van der Waals surface area contributed by atoms with Crippen LogP contribution in [-0.2, 0) is 9.46 Å². The molecule has 0 unspecified atom stereocenters. The number of benzene rings is 1. The van der Waals surface area contributed by atoms with Crippen LogP contribution in [0.25, 0.3) is 0 Å². The fourth-order valence-corrected chi connectivity index (χ4v) is 2.46. The topological polar surface area (TPSA) is 9.23 Å². The highest BCUT2D eigenvalue weighted by Gasteiger charge is 2.20. The van der Waals surface area contributed by atoms with Crippen LogP contribution < -0.4 is 0 Å². The molecule has 0 amide bonds. The SMILES string of the molecule is CO[SiH2]C(C)(C)c1ccccc1. The van der Waals surface area contributed by atoms with Gasteiger partial charge in [0.1, 0.15) is 0 Å². The summed E-state index contributed by atoms with van der Waals surface area (Å²) in [5, 5.41) is 0.260. The van der Waals surface area contributed by atoms with E-state index >= 15 is 0 Å². The zero-order valence-corrected chi connectivity index (χ0v) is 9.42.